The molecule has 0 atom stereocenters. The fourth-order valence-corrected chi connectivity index (χ4v) is 2.21. The van der Waals surface area contributed by atoms with Gasteiger partial charge in [-0.15, -0.1) is 0 Å². The minimum atomic E-state index is -3.71. The molecule has 2 amide bonds. The van der Waals surface area contributed by atoms with Gasteiger partial charge >= 0.3 is 6.03 Å². The topological polar surface area (TPSA) is 102 Å². The van der Waals surface area contributed by atoms with Gasteiger partial charge in [0.25, 0.3) is 0 Å². The number of sulfonamides is 1. The standard InChI is InChI=1S/C11H15N3O4S/c12-19(16,17)10-3-1-9(2-4-10)13-11(15)14-5-7-18-8-6-14/h1-4H,5-8H2,(H,13,15)(H2,12,16,17). The Hall–Kier alpha value is -1.64. The van der Waals surface area contributed by atoms with E-state index in [1.807, 2.05) is 0 Å². The van der Waals surface area contributed by atoms with Crippen molar-refractivity contribution in [2.24, 2.45) is 5.14 Å². The van der Waals surface area contributed by atoms with Gasteiger partial charge in [0.1, 0.15) is 0 Å². The highest BCUT2D eigenvalue weighted by molar-refractivity contribution is 7.89. The number of carbonyl (C=O) groups is 1. The second-order valence-electron chi connectivity index (χ2n) is 4.10. The summed E-state index contributed by atoms with van der Waals surface area (Å²) < 4.78 is 27.3. The summed E-state index contributed by atoms with van der Waals surface area (Å²) >= 11 is 0. The molecule has 0 radical (unpaired) electrons. The Kier molecular flexibility index (Phi) is 4.03. The number of ether oxygens (including phenoxy) is 1. The molecule has 1 aromatic rings. The molecule has 104 valence electrons. The van der Waals surface area contributed by atoms with Crippen LogP contribution in [0.15, 0.2) is 29.2 Å². The molecule has 8 heteroatoms. The van der Waals surface area contributed by atoms with E-state index in [4.69, 9.17) is 9.88 Å². The lowest BCUT2D eigenvalue weighted by Gasteiger charge is -2.26. The molecule has 2 rings (SSSR count). The molecule has 3 N–H and O–H groups in total. The van der Waals surface area contributed by atoms with Crippen molar-refractivity contribution >= 4 is 21.7 Å². The van der Waals surface area contributed by atoms with Crippen molar-refractivity contribution in [3.63, 3.8) is 0 Å². The Bertz CT molecular complexity index is 550. The van der Waals surface area contributed by atoms with Crippen molar-refractivity contribution in [3.05, 3.63) is 24.3 Å². The number of nitrogens with two attached hydrogens (primary N) is 1. The highest BCUT2D eigenvalue weighted by Gasteiger charge is 2.16. The van der Waals surface area contributed by atoms with Crippen LogP contribution in [0.2, 0.25) is 0 Å². The summed E-state index contributed by atoms with van der Waals surface area (Å²) in [6.07, 6.45) is 0. The highest BCUT2D eigenvalue weighted by Crippen LogP contribution is 2.13. The molecule has 1 heterocycles. The average molecular weight is 285 g/mol. The first kappa shape index (κ1) is 13.8. The number of urea groups is 1. The number of primary sulfonamides is 1. The summed E-state index contributed by atoms with van der Waals surface area (Å²) in [6.45, 7) is 2.14. The molecule has 0 bridgehead atoms. The van der Waals surface area contributed by atoms with Crippen molar-refractivity contribution in [1.82, 2.24) is 4.90 Å². The number of hydrogen-bond donors (Lipinski definition) is 2. The van der Waals surface area contributed by atoms with Gasteiger partial charge < -0.3 is 15.0 Å². The fraction of sp³-hybridized carbons (Fsp3) is 0.364. The van der Waals surface area contributed by atoms with Gasteiger partial charge in [-0.05, 0) is 24.3 Å². The van der Waals surface area contributed by atoms with Gasteiger partial charge in [0, 0.05) is 18.8 Å². The SMILES string of the molecule is NS(=O)(=O)c1ccc(NC(=O)N2CCOCC2)cc1. The fourth-order valence-electron chi connectivity index (χ4n) is 1.70. The lowest BCUT2D eigenvalue weighted by atomic mass is 10.3. The first-order valence-electron chi connectivity index (χ1n) is 5.73. The number of anilines is 1. The third-order valence-electron chi connectivity index (χ3n) is 2.73. The van der Waals surface area contributed by atoms with Crippen LogP contribution in [0, 0.1) is 0 Å². The molecule has 1 aromatic carbocycles. The number of rotatable bonds is 2. The minimum Gasteiger partial charge on any atom is -0.378 e. The van der Waals surface area contributed by atoms with E-state index < -0.39 is 10.0 Å². The molecule has 0 unspecified atom stereocenters. The molecule has 1 saturated heterocycles. The van der Waals surface area contributed by atoms with Crippen LogP contribution in [0.25, 0.3) is 0 Å². The molecule has 0 aromatic heterocycles. The maximum Gasteiger partial charge on any atom is 0.321 e. The maximum absolute atomic E-state index is 11.9. The van der Waals surface area contributed by atoms with Crippen molar-refractivity contribution in [1.29, 1.82) is 0 Å². The first-order valence-corrected chi connectivity index (χ1v) is 7.28. The zero-order valence-electron chi connectivity index (χ0n) is 10.2. The zero-order chi connectivity index (χ0) is 13.9. The van der Waals surface area contributed by atoms with Crippen molar-refractivity contribution in [2.45, 2.75) is 4.90 Å². The monoisotopic (exact) mass is 285 g/mol. The van der Waals surface area contributed by atoms with E-state index in [1.165, 1.54) is 24.3 Å². The van der Waals surface area contributed by atoms with Gasteiger partial charge in [-0.1, -0.05) is 0 Å². The van der Waals surface area contributed by atoms with Crippen LogP contribution in [-0.4, -0.2) is 45.7 Å². The van der Waals surface area contributed by atoms with E-state index in [1.54, 1.807) is 4.90 Å². The van der Waals surface area contributed by atoms with Crippen LogP contribution in [0.3, 0.4) is 0 Å². The van der Waals surface area contributed by atoms with Gasteiger partial charge in [-0.3, -0.25) is 0 Å². The van der Waals surface area contributed by atoms with Crippen LogP contribution in [0.1, 0.15) is 0 Å². The number of benzene rings is 1. The second kappa shape index (κ2) is 5.55. The van der Waals surface area contributed by atoms with Crippen molar-refractivity contribution < 1.29 is 17.9 Å². The Morgan fingerprint density at radius 2 is 1.79 bits per heavy atom. The Morgan fingerprint density at radius 3 is 2.32 bits per heavy atom. The number of hydrogen-bond acceptors (Lipinski definition) is 4. The van der Waals surface area contributed by atoms with E-state index in [9.17, 15) is 13.2 Å². The number of carbonyl (C=O) groups excluding carboxylic acids is 1. The number of nitrogens with zero attached hydrogens (tertiary/aromatic N) is 1. The van der Waals surface area contributed by atoms with Crippen LogP contribution < -0.4 is 10.5 Å². The molecule has 7 nitrogen and oxygen atoms in total. The van der Waals surface area contributed by atoms with Gasteiger partial charge in [-0.25, -0.2) is 18.4 Å². The molecule has 0 aliphatic carbocycles. The van der Waals surface area contributed by atoms with Gasteiger partial charge in [0.05, 0.1) is 18.1 Å². The molecule has 0 saturated carbocycles. The molecule has 0 spiro atoms. The average Bonchev–Trinajstić information content (AvgIpc) is 2.39. The number of nitrogens with one attached hydrogen (secondary N) is 1. The number of morpholine rings is 1. The van der Waals surface area contributed by atoms with Gasteiger partial charge in [-0.2, -0.15) is 0 Å². The third kappa shape index (κ3) is 3.66. The predicted molar refractivity (Wildman–Crippen MR) is 69.2 cm³/mol. The summed E-state index contributed by atoms with van der Waals surface area (Å²) in [4.78, 5) is 13.5. The zero-order valence-corrected chi connectivity index (χ0v) is 11.0. The molecule has 19 heavy (non-hydrogen) atoms. The lowest BCUT2D eigenvalue weighted by molar-refractivity contribution is 0.0564. The van der Waals surface area contributed by atoms with E-state index in [-0.39, 0.29) is 10.9 Å². The lowest BCUT2D eigenvalue weighted by Crippen LogP contribution is -2.43. The summed E-state index contributed by atoms with van der Waals surface area (Å²) in [6, 6.07) is 5.47. The maximum atomic E-state index is 11.9. The summed E-state index contributed by atoms with van der Waals surface area (Å²) in [5, 5.41) is 7.67. The minimum absolute atomic E-state index is 0.0110. The second-order valence-corrected chi connectivity index (χ2v) is 5.66. The molecule has 1 aliphatic rings. The van der Waals surface area contributed by atoms with Gasteiger partial charge in [0.15, 0.2) is 0 Å². The Balaban J connectivity index is 2.01. The van der Waals surface area contributed by atoms with Crippen LogP contribution in [0.4, 0.5) is 10.5 Å². The number of amides is 2. The molecule has 1 aliphatic heterocycles. The first-order chi connectivity index (χ1) is 8.97. The van der Waals surface area contributed by atoms with Crippen LogP contribution in [-0.2, 0) is 14.8 Å². The smallest absolute Gasteiger partial charge is 0.321 e. The van der Waals surface area contributed by atoms with E-state index in [0.717, 1.165) is 0 Å². The molecule has 1 fully saturated rings. The summed E-state index contributed by atoms with van der Waals surface area (Å²) in [5.74, 6) is 0. The van der Waals surface area contributed by atoms with E-state index in [2.05, 4.69) is 5.32 Å². The Labute approximate surface area is 111 Å². The summed E-state index contributed by atoms with van der Waals surface area (Å²) in [5.41, 5.74) is 0.517. The quantitative estimate of drug-likeness (QED) is 0.810. The van der Waals surface area contributed by atoms with Crippen molar-refractivity contribution in [3.8, 4) is 0 Å². The third-order valence-corrected chi connectivity index (χ3v) is 3.66. The molecular formula is C11H15N3O4S. The highest BCUT2D eigenvalue weighted by atomic mass is 32.2. The largest absolute Gasteiger partial charge is 0.378 e. The van der Waals surface area contributed by atoms with E-state index in [0.29, 0.717) is 32.0 Å². The Morgan fingerprint density at radius 1 is 1.21 bits per heavy atom. The van der Waals surface area contributed by atoms with E-state index >= 15 is 0 Å². The van der Waals surface area contributed by atoms with Crippen LogP contribution in [0.5, 0.6) is 0 Å². The molecular weight excluding hydrogens is 270 g/mol. The van der Waals surface area contributed by atoms with Gasteiger partial charge in [0.2, 0.25) is 10.0 Å². The predicted octanol–water partition coefficient (Wildman–Crippen LogP) is 0.198. The van der Waals surface area contributed by atoms with Crippen molar-refractivity contribution in [2.75, 3.05) is 31.6 Å². The van der Waals surface area contributed by atoms with Crippen LogP contribution >= 0.6 is 0 Å². The summed E-state index contributed by atoms with van der Waals surface area (Å²) in [7, 11) is -3.71. The normalized spacial score (nSPS) is 16.2.